The minimum Gasteiger partial charge on any atom is -0.353 e. The molecule has 136 valence electrons. The predicted molar refractivity (Wildman–Crippen MR) is 100 cm³/mol. The summed E-state index contributed by atoms with van der Waals surface area (Å²) in [6.07, 6.45) is 5.64. The molecule has 0 bridgehead atoms. The molecule has 1 atom stereocenters. The minimum atomic E-state index is 0.291. The Morgan fingerprint density at radius 1 is 1.24 bits per heavy atom. The van der Waals surface area contributed by atoms with Gasteiger partial charge in [0.05, 0.1) is 0 Å². The van der Waals surface area contributed by atoms with Crippen LogP contribution in [0.5, 0.6) is 0 Å². The molecule has 1 unspecified atom stereocenters. The van der Waals surface area contributed by atoms with Gasteiger partial charge in [-0.3, -0.25) is 9.69 Å². The van der Waals surface area contributed by atoms with Crippen molar-refractivity contribution in [2.45, 2.75) is 51.6 Å². The van der Waals surface area contributed by atoms with Gasteiger partial charge in [-0.05, 0) is 68.7 Å². The number of benzene rings is 1. The van der Waals surface area contributed by atoms with Gasteiger partial charge in [-0.1, -0.05) is 24.3 Å². The quantitative estimate of drug-likeness (QED) is 0.884. The van der Waals surface area contributed by atoms with Gasteiger partial charge in [-0.15, -0.1) is 0 Å². The molecule has 3 fully saturated rings. The van der Waals surface area contributed by atoms with Crippen LogP contribution in [0.25, 0.3) is 0 Å². The number of nitrogens with zero attached hydrogens (tertiary/aromatic N) is 1. The van der Waals surface area contributed by atoms with Crippen LogP contribution in [0.2, 0.25) is 0 Å². The lowest BCUT2D eigenvalue weighted by atomic mass is 9.91. The van der Waals surface area contributed by atoms with Crippen molar-refractivity contribution in [3.05, 3.63) is 35.4 Å². The molecule has 3 aliphatic rings. The summed E-state index contributed by atoms with van der Waals surface area (Å²) >= 11 is 0. The lowest BCUT2D eigenvalue weighted by Gasteiger charge is -2.33. The summed E-state index contributed by atoms with van der Waals surface area (Å²) in [7, 11) is 0. The average molecular weight is 341 g/mol. The monoisotopic (exact) mass is 341 g/mol. The van der Waals surface area contributed by atoms with Crippen molar-refractivity contribution in [2.75, 3.05) is 26.2 Å². The Bertz CT molecular complexity index is 615. The Balaban J connectivity index is 1.23. The molecule has 1 amide bonds. The Morgan fingerprint density at radius 3 is 2.68 bits per heavy atom. The summed E-state index contributed by atoms with van der Waals surface area (Å²) in [5.74, 6) is 0.624. The van der Waals surface area contributed by atoms with Gasteiger partial charge in [0.15, 0.2) is 0 Å². The molecule has 1 spiro atoms. The number of aryl methyl sites for hydroxylation is 1. The van der Waals surface area contributed by atoms with Crippen LogP contribution in [-0.2, 0) is 11.3 Å². The highest BCUT2D eigenvalue weighted by atomic mass is 16.2. The highest BCUT2D eigenvalue weighted by molar-refractivity contribution is 5.82. The van der Waals surface area contributed by atoms with Crippen LogP contribution in [0.4, 0.5) is 0 Å². The minimum absolute atomic E-state index is 0.291. The molecule has 4 heteroatoms. The molecule has 2 aliphatic heterocycles. The van der Waals surface area contributed by atoms with Crippen LogP contribution in [0.1, 0.15) is 43.2 Å². The van der Waals surface area contributed by atoms with E-state index in [9.17, 15) is 4.79 Å². The SMILES string of the molecule is Cc1ccccc1CN1CCC(NC(=O)C2CC23CCNCC3)CC1. The maximum Gasteiger partial charge on any atom is 0.223 e. The second kappa shape index (κ2) is 7.08. The van der Waals surface area contributed by atoms with Gasteiger partial charge in [-0.2, -0.15) is 0 Å². The van der Waals surface area contributed by atoms with Crippen LogP contribution in [0.3, 0.4) is 0 Å². The zero-order chi connectivity index (χ0) is 17.3. The fourth-order valence-electron chi connectivity index (χ4n) is 4.76. The smallest absolute Gasteiger partial charge is 0.223 e. The third-order valence-electron chi connectivity index (χ3n) is 6.69. The van der Waals surface area contributed by atoms with Crippen molar-refractivity contribution < 1.29 is 4.79 Å². The van der Waals surface area contributed by atoms with E-state index < -0.39 is 0 Å². The number of hydrogen-bond acceptors (Lipinski definition) is 3. The van der Waals surface area contributed by atoms with Gasteiger partial charge in [0, 0.05) is 31.6 Å². The summed E-state index contributed by atoms with van der Waals surface area (Å²) < 4.78 is 0. The molecule has 4 rings (SSSR count). The Kier molecular flexibility index (Phi) is 4.83. The first-order valence-corrected chi connectivity index (χ1v) is 9.94. The first-order chi connectivity index (χ1) is 12.2. The summed E-state index contributed by atoms with van der Waals surface area (Å²) in [5.41, 5.74) is 3.15. The number of carbonyl (C=O) groups excluding carboxylic acids is 1. The van der Waals surface area contributed by atoms with Crippen molar-refractivity contribution in [2.24, 2.45) is 11.3 Å². The van der Waals surface area contributed by atoms with Gasteiger partial charge in [0.1, 0.15) is 0 Å². The largest absolute Gasteiger partial charge is 0.353 e. The van der Waals surface area contributed by atoms with E-state index in [1.54, 1.807) is 0 Å². The molecule has 25 heavy (non-hydrogen) atoms. The molecular weight excluding hydrogens is 310 g/mol. The number of likely N-dealkylation sites (tertiary alicyclic amines) is 1. The summed E-state index contributed by atoms with van der Waals surface area (Å²) in [4.78, 5) is 15.1. The summed E-state index contributed by atoms with van der Waals surface area (Å²) in [6, 6.07) is 9.03. The standard InChI is InChI=1S/C21H31N3O/c1-16-4-2-3-5-17(16)15-24-12-6-18(7-13-24)23-20(25)19-14-21(19)8-10-22-11-9-21/h2-5,18-19,22H,6-15H2,1H3,(H,23,25). The van der Waals surface area contributed by atoms with E-state index in [1.165, 1.54) is 24.0 Å². The van der Waals surface area contributed by atoms with E-state index in [-0.39, 0.29) is 0 Å². The van der Waals surface area contributed by atoms with Crippen molar-refractivity contribution in [3.8, 4) is 0 Å². The molecular formula is C21H31N3O. The van der Waals surface area contributed by atoms with E-state index in [0.717, 1.165) is 52.0 Å². The first-order valence-electron chi connectivity index (χ1n) is 9.94. The van der Waals surface area contributed by atoms with E-state index in [1.807, 2.05) is 0 Å². The second-order valence-corrected chi connectivity index (χ2v) is 8.35. The molecule has 1 aromatic rings. The summed E-state index contributed by atoms with van der Waals surface area (Å²) in [6.45, 7) is 7.56. The van der Waals surface area contributed by atoms with Gasteiger partial charge in [0.2, 0.25) is 5.91 Å². The van der Waals surface area contributed by atoms with Crippen molar-refractivity contribution >= 4 is 5.91 Å². The zero-order valence-electron chi connectivity index (χ0n) is 15.4. The van der Waals surface area contributed by atoms with E-state index in [4.69, 9.17) is 0 Å². The first kappa shape index (κ1) is 17.0. The normalized spacial score (nSPS) is 26.5. The molecule has 4 nitrogen and oxygen atoms in total. The third kappa shape index (κ3) is 3.75. The number of amides is 1. The molecule has 1 aromatic carbocycles. The van der Waals surface area contributed by atoms with E-state index in [2.05, 4.69) is 46.7 Å². The Morgan fingerprint density at radius 2 is 1.96 bits per heavy atom. The predicted octanol–water partition coefficient (Wildman–Crippen LogP) is 2.47. The molecule has 1 aliphatic carbocycles. The van der Waals surface area contributed by atoms with Gasteiger partial charge in [-0.25, -0.2) is 0 Å². The molecule has 2 heterocycles. The number of nitrogens with one attached hydrogen (secondary N) is 2. The molecule has 0 aromatic heterocycles. The van der Waals surface area contributed by atoms with Gasteiger partial charge >= 0.3 is 0 Å². The lowest BCUT2D eigenvalue weighted by molar-refractivity contribution is -0.124. The van der Waals surface area contributed by atoms with Gasteiger partial charge in [0.25, 0.3) is 0 Å². The number of carbonyl (C=O) groups is 1. The lowest BCUT2D eigenvalue weighted by Crippen LogP contribution is -2.45. The highest BCUT2D eigenvalue weighted by Crippen LogP contribution is 2.58. The topological polar surface area (TPSA) is 44.4 Å². The Labute approximate surface area is 151 Å². The second-order valence-electron chi connectivity index (χ2n) is 8.35. The number of piperidine rings is 2. The molecule has 0 radical (unpaired) electrons. The van der Waals surface area contributed by atoms with Crippen molar-refractivity contribution in [1.82, 2.24) is 15.5 Å². The maximum atomic E-state index is 12.6. The fourth-order valence-corrected chi connectivity index (χ4v) is 4.76. The Hall–Kier alpha value is -1.39. The van der Waals surface area contributed by atoms with Crippen molar-refractivity contribution in [3.63, 3.8) is 0 Å². The van der Waals surface area contributed by atoms with Crippen LogP contribution >= 0.6 is 0 Å². The van der Waals surface area contributed by atoms with Crippen LogP contribution in [0.15, 0.2) is 24.3 Å². The van der Waals surface area contributed by atoms with Crippen LogP contribution in [-0.4, -0.2) is 43.0 Å². The van der Waals surface area contributed by atoms with E-state index >= 15 is 0 Å². The van der Waals surface area contributed by atoms with Crippen molar-refractivity contribution in [1.29, 1.82) is 0 Å². The van der Waals surface area contributed by atoms with Gasteiger partial charge < -0.3 is 10.6 Å². The number of hydrogen-bond donors (Lipinski definition) is 2. The molecule has 2 N–H and O–H groups in total. The fraction of sp³-hybridized carbons (Fsp3) is 0.667. The average Bonchev–Trinajstić information content (AvgIpc) is 3.32. The number of rotatable bonds is 4. The van der Waals surface area contributed by atoms with Crippen LogP contribution in [0, 0.1) is 18.3 Å². The molecule has 2 saturated heterocycles. The maximum absolute atomic E-state index is 12.6. The summed E-state index contributed by atoms with van der Waals surface area (Å²) in [5, 5.41) is 6.77. The zero-order valence-corrected chi connectivity index (χ0v) is 15.4. The molecule has 1 saturated carbocycles. The van der Waals surface area contributed by atoms with Crippen LogP contribution < -0.4 is 10.6 Å². The van der Waals surface area contributed by atoms with E-state index in [0.29, 0.717) is 23.3 Å². The third-order valence-corrected chi connectivity index (χ3v) is 6.69. The highest BCUT2D eigenvalue weighted by Gasteiger charge is 2.57.